The van der Waals surface area contributed by atoms with E-state index in [0.717, 1.165) is 11.4 Å². The molecule has 0 fully saturated rings. The van der Waals surface area contributed by atoms with Gasteiger partial charge in [-0.3, -0.25) is 0 Å². The fraction of sp³-hybridized carbons (Fsp3) is 0. The summed E-state index contributed by atoms with van der Waals surface area (Å²) < 4.78 is 4.93. The Labute approximate surface area is 406 Å². The molecule has 2 nitrogen and oxygen atoms in total. The van der Waals surface area contributed by atoms with Crippen molar-refractivity contribution in [3.63, 3.8) is 0 Å². The second-order valence-electron chi connectivity index (χ2n) is 18.3. The molecule has 0 amide bonds. The van der Waals surface area contributed by atoms with Gasteiger partial charge in [0.25, 0.3) is 0 Å². The molecule has 2 heteroatoms. The van der Waals surface area contributed by atoms with Crippen LogP contribution >= 0.6 is 0 Å². The molecule has 14 rings (SSSR count). The van der Waals surface area contributed by atoms with Crippen molar-refractivity contribution in [2.75, 3.05) is 0 Å². The van der Waals surface area contributed by atoms with Crippen molar-refractivity contribution >= 4 is 65.2 Å². The van der Waals surface area contributed by atoms with Gasteiger partial charge < -0.3 is 9.13 Å². The summed E-state index contributed by atoms with van der Waals surface area (Å²) in [6.45, 7) is 0. The highest BCUT2D eigenvalue weighted by molar-refractivity contribution is 6.24. The largest absolute Gasteiger partial charge is 0.309 e. The predicted molar refractivity (Wildman–Crippen MR) is 297 cm³/mol. The van der Waals surface area contributed by atoms with Crippen LogP contribution in [0.15, 0.2) is 267 Å². The molecule has 0 bridgehead atoms. The van der Waals surface area contributed by atoms with Crippen molar-refractivity contribution < 1.29 is 0 Å². The van der Waals surface area contributed by atoms with E-state index < -0.39 is 0 Å². The van der Waals surface area contributed by atoms with E-state index in [-0.39, 0.29) is 0 Å². The maximum absolute atomic E-state index is 2.50. The molecule has 70 heavy (non-hydrogen) atoms. The van der Waals surface area contributed by atoms with Crippen molar-refractivity contribution in [1.29, 1.82) is 0 Å². The van der Waals surface area contributed by atoms with Crippen LogP contribution in [0, 0.1) is 0 Å². The van der Waals surface area contributed by atoms with Crippen LogP contribution in [0.3, 0.4) is 0 Å². The lowest BCUT2D eigenvalue weighted by atomic mass is 9.83. The van der Waals surface area contributed by atoms with Crippen LogP contribution in [0.5, 0.6) is 0 Å². The third-order valence-electron chi connectivity index (χ3n) is 14.5. The Morgan fingerprint density at radius 1 is 0.200 bits per heavy atom. The highest BCUT2D eigenvalue weighted by Crippen LogP contribution is 2.49. The van der Waals surface area contributed by atoms with Gasteiger partial charge in [0.05, 0.1) is 22.1 Å². The quantitative estimate of drug-likeness (QED) is 0.141. The summed E-state index contributed by atoms with van der Waals surface area (Å²) >= 11 is 0. The maximum atomic E-state index is 2.50. The standard InChI is InChI=1S/C68H44N2/c1-5-21-45(22-6-1)47-41-42-50(46-23-7-2-8-24-46)63(43-47)66-55-33-17-31-51(57-35-19-37-59-53-29-13-15-39-64(53)69(67(57)59)48-25-9-3-10-26-48)61(55)44-62-52(32-18-34-56(62)66)58-36-20-38-60-54-30-14-16-40-65(54)70(68(58)60)49-27-11-4-12-28-49/h1-44H. The van der Waals surface area contributed by atoms with Gasteiger partial charge in [0.2, 0.25) is 0 Å². The Hall–Kier alpha value is -9.24. The number of para-hydroxylation sites is 6. The van der Waals surface area contributed by atoms with Crippen LogP contribution < -0.4 is 0 Å². The molecule has 326 valence electrons. The Balaban J connectivity index is 1.15. The summed E-state index contributed by atoms with van der Waals surface area (Å²) in [5, 5.41) is 9.77. The van der Waals surface area contributed by atoms with Gasteiger partial charge in [-0.05, 0) is 115 Å². The molecule has 2 heterocycles. The van der Waals surface area contributed by atoms with Crippen LogP contribution in [0.2, 0.25) is 0 Å². The minimum Gasteiger partial charge on any atom is -0.309 e. The summed E-state index contributed by atoms with van der Waals surface area (Å²) in [6, 6.07) is 98.3. The van der Waals surface area contributed by atoms with Gasteiger partial charge in [-0.25, -0.2) is 0 Å². The highest BCUT2D eigenvalue weighted by Gasteiger charge is 2.24. The van der Waals surface area contributed by atoms with E-state index in [9.17, 15) is 0 Å². The number of hydrogen-bond donors (Lipinski definition) is 0. The van der Waals surface area contributed by atoms with Gasteiger partial charge in [0.15, 0.2) is 0 Å². The number of aromatic nitrogens is 2. The first-order valence-corrected chi connectivity index (χ1v) is 24.2. The van der Waals surface area contributed by atoms with Crippen LogP contribution in [0.1, 0.15) is 0 Å². The van der Waals surface area contributed by atoms with Crippen LogP contribution in [0.25, 0.3) is 132 Å². The van der Waals surface area contributed by atoms with Gasteiger partial charge in [-0.1, -0.05) is 218 Å². The second-order valence-corrected chi connectivity index (χ2v) is 18.3. The molecule has 0 saturated carbocycles. The monoisotopic (exact) mass is 888 g/mol. The highest BCUT2D eigenvalue weighted by atomic mass is 15.0. The fourth-order valence-corrected chi connectivity index (χ4v) is 11.5. The van der Waals surface area contributed by atoms with Gasteiger partial charge in [0, 0.05) is 44.0 Å². The molecule has 0 aliphatic rings. The molecule has 0 aliphatic heterocycles. The minimum atomic E-state index is 1.14. The molecule has 0 spiro atoms. The second kappa shape index (κ2) is 16.2. The molecule has 0 radical (unpaired) electrons. The molecule has 14 aromatic rings. The zero-order valence-electron chi connectivity index (χ0n) is 38.3. The Bertz CT molecular complexity index is 4100. The molecule has 0 aliphatic carbocycles. The van der Waals surface area contributed by atoms with Gasteiger partial charge in [-0.2, -0.15) is 0 Å². The fourth-order valence-electron chi connectivity index (χ4n) is 11.5. The first-order valence-electron chi connectivity index (χ1n) is 24.2. The Morgan fingerprint density at radius 3 is 1.10 bits per heavy atom. The zero-order chi connectivity index (χ0) is 46.1. The van der Waals surface area contributed by atoms with E-state index in [4.69, 9.17) is 0 Å². The SMILES string of the molecule is c1ccc(-c2ccc(-c3ccccc3)c(-c3c4cccc(-c5cccc6c7ccccc7n(-c7ccccc7)c56)c4cc4c(-c5cccc6c7ccccc7n(-c7ccccc7)c56)cccc34)c2)cc1. The molecule has 0 unspecified atom stereocenters. The average Bonchev–Trinajstić information content (AvgIpc) is 3.96. The van der Waals surface area contributed by atoms with E-state index >= 15 is 0 Å². The lowest BCUT2D eigenvalue weighted by molar-refractivity contribution is 1.18. The molecular weight excluding hydrogens is 845 g/mol. The molecule has 0 N–H and O–H groups in total. The van der Waals surface area contributed by atoms with Crippen LogP contribution in [0.4, 0.5) is 0 Å². The lowest BCUT2D eigenvalue weighted by Crippen LogP contribution is -1.97. The summed E-state index contributed by atoms with van der Waals surface area (Å²) in [6.07, 6.45) is 0. The van der Waals surface area contributed by atoms with Crippen LogP contribution in [-0.4, -0.2) is 9.13 Å². The van der Waals surface area contributed by atoms with Crippen molar-refractivity contribution in [1.82, 2.24) is 9.13 Å². The number of fused-ring (bicyclic) bond motifs is 8. The molecular formula is C68H44N2. The molecule has 0 atom stereocenters. The van der Waals surface area contributed by atoms with E-state index in [1.165, 1.54) is 121 Å². The maximum Gasteiger partial charge on any atom is 0.0619 e. The van der Waals surface area contributed by atoms with E-state index in [1.54, 1.807) is 0 Å². The molecule has 2 aromatic heterocycles. The van der Waals surface area contributed by atoms with E-state index in [2.05, 4.69) is 276 Å². The van der Waals surface area contributed by atoms with Crippen molar-refractivity contribution in [3.05, 3.63) is 267 Å². The van der Waals surface area contributed by atoms with Crippen molar-refractivity contribution in [2.45, 2.75) is 0 Å². The smallest absolute Gasteiger partial charge is 0.0619 e. The normalized spacial score (nSPS) is 11.7. The van der Waals surface area contributed by atoms with Crippen LogP contribution in [-0.2, 0) is 0 Å². The summed E-state index contributed by atoms with van der Waals surface area (Å²) in [5.41, 5.74) is 19.0. The molecule has 0 saturated heterocycles. The predicted octanol–water partition coefficient (Wildman–Crippen LogP) is 18.5. The number of nitrogens with zero attached hydrogens (tertiary/aromatic N) is 2. The Morgan fingerprint density at radius 2 is 0.600 bits per heavy atom. The van der Waals surface area contributed by atoms with E-state index in [0.29, 0.717) is 0 Å². The van der Waals surface area contributed by atoms with Crippen molar-refractivity contribution in [3.8, 4) is 67.0 Å². The third kappa shape index (κ3) is 6.20. The number of hydrogen-bond acceptors (Lipinski definition) is 0. The summed E-state index contributed by atoms with van der Waals surface area (Å²) in [7, 11) is 0. The zero-order valence-corrected chi connectivity index (χ0v) is 38.3. The summed E-state index contributed by atoms with van der Waals surface area (Å²) in [4.78, 5) is 0. The Kier molecular flexibility index (Phi) is 9.25. The minimum absolute atomic E-state index is 1.14. The third-order valence-corrected chi connectivity index (χ3v) is 14.5. The number of benzene rings is 12. The van der Waals surface area contributed by atoms with Gasteiger partial charge >= 0.3 is 0 Å². The first kappa shape index (κ1) is 39.9. The topological polar surface area (TPSA) is 9.86 Å². The van der Waals surface area contributed by atoms with E-state index in [1.807, 2.05) is 0 Å². The summed E-state index contributed by atoms with van der Waals surface area (Å²) in [5.74, 6) is 0. The van der Waals surface area contributed by atoms with Gasteiger partial charge in [0.1, 0.15) is 0 Å². The van der Waals surface area contributed by atoms with Crippen molar-refractivity contribution in [2.24, 2.45) is 0 Å². The average molecular weight is 889 g/mol. The lowest BCUT2D eigenvalue weighted by Gasteiger charge is -2.21. The first-order chi connectivity index (χ1) is 34.8. The number of rotatable bonds is 7. The van der Waals surface area contributed by atoms with Gasteiger partial charge in [-0.15, -0.1) is 0 Å². The molecule has 12 aromatic carbocycles.